The molecule has 0 aliphatic heterocycles. The number of aromatic nitrogens is 2. The third-order valence-corrected chi connectivity index (χ3v) is 3.92. The average Bonchev–Trinajstić information content (AvgIpc) is 2.45. The number of hydrogen-bond acceptors (Lipinski definition) is 4. The summed E-state index contributed by atoms with van der Waals surface area (Å²) < 4.78 is 2.06. The summed E-state index contributed by atoms with van der Waals surface area (Å²) in [4.78, 5) is 14.4. The highest BCUT2D eigenvalue weighted by Gasteiger charge is 2.08. The molecular formula is C14H25BrN4O. The lowest BCUT2D eigenvalue weighted by Crippen LogP contribution is -2.30. The molecule has 0 aliphatic carbocycles. The molecule has 0 aliphatic rings. The second-order valence-electron chi connectivity index (χ2n) is 4.76. The normalized spacial score (nSPS) is 11.1. The lowest BCUT2D eigenvalue weighted by atomic mass is 10.4. The molecule has 1 aromatic heterocycles. The summed E-state index contributed by atoms with van der Waals surface area (Å²) in [5.41, 5.74) is 0.702. The molecule has 0 radical (unpaired) electrons. The summed E-state index contributed by atoms with van der Waals surface area (Å²) in [6, 6.07) is 0. The minimum atomic E-state index is -0.0715. The Hall–Kier alpha value is -0.880. The van der Waals surface area contributed by atoms with Crippen LogP contribution in [-0.2, 0) is 6.54 Å². The fraction of sp³-hybridized carbons (Fsp3) is 0.714. The van der Waals surface area contributed by atoms with Crippen molar-refractivity contribution in [2.75, 3.05) is 31.5 Å². The molecule has 114 valence electrons. The first-order chi connectivity index (χ1) is 9.63. The summed E-state index contributed by atoms with van der Waals surface area (Å²) in [5.74, 6) is 0. The number of anilines is 1. The van der Waals surface area contributed by atoms with Gasteiger partial charge in [-0.3, -0.25) is 4.79 Å². The van der Waals surface area contributed by atoms with Crippen molar-refractivity contribution in [3.05, 3.63) is 21.0 Å². The van der Waals surface area contributed by atoms with Crippen LogP contribution in [0.4, 0.5) is 5.69 Å². The molecule has 0 spiro atoms. The molecule has 0 saturated heterocycles. The van der Waals surface area contributed by atoms with Crippen molar-refractivity contribution in [1.29, 1.82) is 0 Å². The van der Waals surface area contributed by atoms with E-state index in [0.29, 0.717) is 11.0 Å². The molecule has 6 heteroatoms. The van der Waals surface area contributed by atoms with Gasteiger partial charge in [0.05, 0.1) is 11.9 Å². The van der Waals surface area contributed by atoms with Crippen LogP contribution in [0.25, 0.3) is 0 Å². The standard InChI is InChI=1S/C14H25BrN4O/c1-4-8-18(6-3)10-7-16-12-11-17-19(9-5-2)14(20)13(12)15/h11,16H,4-10H2,1-3H3. The van der Waals surface area contributed by atoms with E-state index in [0.717, 1.165) is 44.7 Å². The molecular weight excluding hydrogens is 320 g/mol. The Kier molecular flexibility index (Phi) is 7.84. The van der Waals surface area contributed by atoms with Crippen LogP contribution < -0.4 is 10.9 Å². The Morgan fingerprint density at radius 2 is 2.05 bits per heavy atom. The molecule has 0 saturated carbocycles. The van der Waals surface area contributed by atoms with E-state index in [1.807, 2.05) is 6.92 Å². The minimum absolute atomic E-state index is 0.0715. The molecule has 1 heterocycles. The van der Waals surface area contributed by atoms with Crippen molar-refractivity contribution in [1.82, 2.24) is 14.7 Å². The van der Waals surface area contributed by atoms with Crippen molar-refractivity contribution < 1.29 is 0 Å². The number of rotatable bonds is 9. The van der Waals surface area contributed by atoms with Crippen LogP contribution in [0.5, 0.6) is 0 Å². The van der Waals surface area contributed by atoms with Crippen molar-refractivity contribution in [3.8, 4) is 0 Å². The Labute approximate surface area is 129 Å². The SMILES string of the molecule is CCCN(CC)CCNc1cnn(CCC)c(=O)c1Br. The van der Waals surface area contributed by atoms with Gasteiger partial charge in [0.1, 0.15) is 4.47 Å². The molecule has 0 bridgehead atoms. The maximum absolute atomic E-state index is 12.0. The maximum atomic E-state index is 12.0. The monoisotopic (exact) mass is 344 g/mol. The van der Waals surface area contributed by atoms with E-state index >= 15 is 0 Å². The Morgan fingerprint density at radius 3 is 2.65 bits per heavy atom. The smallest absolute Gasteiger partial charge is 0.283 e. The van der Waals surface area contributed by atoms with Gasteiger partial charge in [-0.1, -0.05) is 20.8 Å². The molecule has 0 unspecified atom stereocenters. The third kappa shape index (κ3) is 4.90. The Morgan fingerprint density at radius 1 is 1.30 bits per heavy atom. The summed E-state index contributed by atoms with van der Waals surface area (Å²) in [6.45, 7) is 11.0. The molecule has 0 fully saturated rings. The van der Waals surface area contributed by atoms with E-state index in [-0.39, 0.29) is 5.56 Å². The van der Waals surface area contributed by atoms with Crippen LogP contribution in [0.2, 0.25) is 0 Å². The van der Waals surface area contributed by atoms with Crippen LogP contribution >= 0.6 is 15.9 Å². The van der Waals surface area contributed by atoms with E-state index in [2.05, 4.69) is 45.1 Å². The van der Waals surface area contributed by atoms with Crippen LogP contribution in [0.3, 0.4) is 0 Å². The molecule has 0 atom stereocenters. The highest BCUT2D eigenvalue weighted by Crippen LogP contribution is 2.15. The molecule has 1 aromatic rings. The first-order valence-corrected chi connectivity index (χ1v) is 8.15. The van der Waals surface area contributed by atoms with Crippen LogP contribution in [0, 0.1) is 0 Å². The van der Waals surface area contributed by atoms with E-state index in [9.17, 15) is 4.79 Å². The quantitative estimate of drug-likeness (QED) is 0.747. The third-order valence-electron chi connectivity index (χ3n) is 3.15. The van der Waals surface area contributed by atoms with Gasteiger partial charge >= 0.3 is 0 Å². The average molecular weight is 345 g/mol. The van der Waals surface area contributed by atoms with Gasteiger partial charge in [-0.2, -0.15) is 5.10 Å². The van der Waals surface area contributed by atoms with Gasteiger partial charge in [0.25, 0.3) is 5.56 Å². The topological polar surface area (TPSA) is 50.2 Å². The molecule has 20 heavy (non-hydrogen) atoms. The van der Waals surface area contributed by atoms with Gasteiger partial charge < -0.3 is 10.2 Å². The maximum Gasteiger partial charge on any atom is 0.283 e. The van der Waals surface area contributed by atoms with E-state index in [1.165, 1.54) is 4.68 Å². The van der Waals surface area contributed by atoms with Gasteiger partial charge in [-0.05, 0) is 41.9 Å². The van der Waals surface area contributed by atoms with Crippen LogP contribution in [0.15, 0.2) is 15.5 Å². The number of nitrogens with zero attached hydrogens (tertiary/aromatic N) is 3. The predicted molar refractivity (Wildman–Crippen MR) is 87.4 cm³/mol. The zero-order valence-corrected chi connectivity index (χ0v) is 14.2. The predicted octanol–water partition coefficient (Wildman–Crippen LogP) is 2.56. The molecule has 0 aromatic carbocycles. The Bertz CT molecular complexity index is 461. The van der Waals surface area contributed by atoms with Crippen molar-refractivity contribution >= 4 is 21.6 Å². The lowest BCUT2D eigenvalue weighted by molar-refractivity contribution is 0.300. The van der Waals surface area contributed by atoms with Crippen molar-refractivity contribution in [2.24, 2.45) is 0 Å². The lowest BCUT2D eigenvalue weighted by Gasteiger charge is -2.20. The zero-order valence-electron chi connectivity index (χ0n) is 12.7. The van der Waals surface area contributed by atoms with Crippen LogP contribution in [0.1, 0.15) is 33.6 Å². The zero-order chi connectivity index (χ0) is 15.0. The van der Waals surface area contributed by atoms with E-state index in [1.54, 1.807) is 6.20 Å². The summed E-state index contributed by atoms with van der Waals surface area (Å²) in [6.07, 6.45) is 3.78. The fourth-order valence-corrected chi connectivity index (χ4v) is 2.50. The largest absolute Gasteiger partial charge is 0.381 e. The van der Waals surface area contributed by atoms with Gasteiger partial charge in [0.15, 0.2) is 0 Å². The second kappa shape index (κ2) is 9.13. The first-order valence-electron chi connectivity index (χ1n) is 7.35. The van der Waals surface area contributed by atoms with Gasteiger partial charge in [0.2, 0.25) is 0 Å². The first kappa shape index (κ1) is 17.2. The molecule has 5 nitrogen and oxygen atoms in total. The molecule has 1 rings (SSSR count). The summed E-state index contributed by atoms with van der Waals surface area (Å²) in [5, 5.41) is 7.46. The summed E-state index contributed by atoms with van der Waals surface area (Å²) >= 11 is 3.37. The van der Waals surface area contributed by atoms with E-state index in [4.69, 9.17) is 0 Å². The highest BCUT2D eigenvalue weighted by molar-refractivity contribution is 9.10. The summed E-state index contributed by atoms with van der Waals surface area (Å²) in [7, 11) is 0. The van der Waals surface area contributed by atoms with Gasteiger partial charge in [-0.15, -0.1) is 0 Å². The minimum Gasteiger partial charge on any atom is -0.381 e. The Balaban J connectivity index is 2.60. The van der Waals surface area contributed by atoms with E-state index < -0.39 is 0 Å². The number of likely N-dealkylation sites (N-methyl/N-ethyl adjacent to an activating group) is 1. The molecule has 1 N–H and O–H groups in total. The number of hydrogen-bond donors (Lipinski definition) is 1. The number of aryl methyl sites for hydroxylation is 1. The van der Waals surface area contributed by atoms with Crippen molar-refractivity contribution in [3.63, 3.8) is 0 Å². The number of halogens is 1. The second-order valence-corrected chi connectivity index (χ2v) is 5.55. The van der Waals surface area contributed by atoms with Gasteiger partial charge in [-0.25, -0.2) is 4.68 Å². The van der Waals surface area contributed by atoms with Gasteiger partial charge in [0, 0.05) is 19.6 Å². The van der Waals surface area contributed by atoms with Crippen LogP contribution in [-0.4, -0.2) is 40.9 Å². The van der Waals surface area contributed by atoms with Crippen molar-refractivity contribution in [2.45, 2.75) is 40.2 Å². The molecule has 0 amide bonds. The fourth-order valence-electron chi connectivity index (χ4n) is 2.05. The highest BCUT2D eigenvalue weighted by atomic mass is 79.9. The number of nitrogens with one attached hydrogen (secondary N) is 1.